The number of hydrogen-bond acceptors (Lipinski definition) is 3. The fourth-order valence-electron chi connectivity index (χ4n) is 1.92. The summed E-state index contributed by atoms with van der Waals surface area (Å²) in [7, 11) is 0. The van der Waals surface area contributed by atoms with Crippen molar-refractivity contribution < 1.29 is 4.74 Å². The number of rotatable bonds is 5. The van der Waals surface area contributed by atoms with Gasteiger partial charge >= 0.3 is 0 Å². The first-order valence-corrected chi connectivity index (χ1v) is 6.12. The van der Waals surface area contributed by atoms with E-state index in [0.717, 1.165) is 26.0 Å². The molecule has 0 aliphatic carbocycles. The van der Waals surface area contributed by atoms with Crippen LogP contribution in [0.2, 0.25) is 0 Å². The molecular formula is C12H26N2O. The first-order valence-electron chi connectivity index (χ1n) is 6.12. The van der Waals surface area contributed by atoms with Crippen molar-refractivity contribution in [2.75, 3.05) is 13.2 Å². The molecule has 0 bridgehead atoms. The van der Waals surface area contributed by atoms with Crippen LogP contribution in [-0.4, -0.2) is 30.8 Å². The minimum absolute atomic E-state index is 0.116. The molecule has 90 valence electrons. The minimum atomic E-state index is 0.116. The summed E-state index contributed by atoms with van der Waals surface area (Å²) in [5, 5.41) is 3.57. The molecule has 1 saturated heterocycles. The van der Waals surface area contributed by atoms with Gasteiger partial charge in [0.1, 0.15) is 0 Å². The van der Waals surface area contributed by atoms with E-state index in [1.165, 1.54) is 0 Å². The van der Waals surface area contributed by atoms with Crippen LogP contribution < -0.4 is 11.1 Å². The zero-order valence-corrected chi connectivity index (χ0v) is 10.5. The molecule has 1 fully saturated rings. The molecule has 1 aliphatic rings. The molecule has 0 amide bonds. The Morgan fingerprint density at radius 3 is 2.73 bits per heavy atom. The van der Waals surface area contributed by atoms with Crippen molar-refractivity contribution in [2.45, 2.75) is 58.2 Å². The molecule has 4 unspecified atom stereocenters. The molecule has 3 heteroatoms. The highest BCUT2D eigenvalue weighted by molar-refractivity contribution is 4.94. The fourth-order valence-corrected chi connectivity index (χ4v) is 1.92. The van der Waals surface area contributed by atoms with Crippen molar-refractivity contribution in [1.29, 1.82) is 0 Å². The van der Waals surface area contributed by atoms with Gasteiger partial charge in [-0.3, -0.25) is 0 Å². The van der Waals surface area contributed by atoms with Gasteiger partial charge in [-0.05, 0) is 26.2 Å². The van der Waals surface area contributed by atoms with E-state index < -0.39 is 0 Å². The number of nitrogens with one attached hydrogen (secondary N) is 1. The van der Waals surface area contributed by atoms with Crippen molar-refractivity contribution in [3.05, 3.63) is 0 Å². The monoisotopic (exact) mass is 214 g/mol. The van der Waals surface area contributed by atoms with Gasteiger partial charge in [-0.25, -0.2) is 0 Å². The Kier molecular flexibility index (Phi) is 4.56. The van der Waals surface area contributed by atoms with Crippen molar-refractivity contribution >= 4 is 0 Å². The molecule has 0 aromatic carbocycles. The van der Waals surface area contributed by atoms with Crippen LogP contribution in [0.1, 0.15) is 40.5 Å². The predicted molar refractivity (Wildman–Crippen MR) is 63.9 cm³/mol. The van der Waals surface area contributed by atoms with Gasteiger partial charge in [0, 0.05) is 24.7 Å². The Labute approximate surface area is 93.8 Å². The van der Waals surface area contributed by atoms with Gasteiger partial charge in [0.25, 0.3) is 0 Å². The second kappa shape index (κ2) is 5.28. The summed E-state index contributed by atoms with van der Waals surface area (Å²) in [6, 6.07) is 0.250. The third-order valence-corrected chi connectivity index (χ3v) is 4.00. The SMILES string of the molecule is CCC(C)C(N)CNC1(C)CCOC1C. The Balaban J connectivity index is 2.35. The molecule has 3 nitrogen and oxygen atoms in total. The first-order chi connectivity index (χ1) is 6.99. The predicted octanol–water partition coefficient (Wildman–Crippen LogP) is 1.52. The average molecular weight is 214 g/mol. The van der Waals surface area contributed by atoms with E-state index in [1.54, 1.807) is 0 Å². The maximum Gasteiger partial charge on any atom is 0.0726 e. The lowest BCUT2D eigenvalue weighted by molar-refractivity contribution is 0.0876. The average Bonchev–Trinajstić information content (AvgIpc) is 2.55. The molecule has 1 heterocycles. The maximum atomic E-state index is 6.11. The quantitative estimate of drug-likeness (QED) is 0.729. The van der Waals surface area contributed by atoms with E-state index in [9.17, 15) is 0 Å². The van der Waals surface area contributed by atoms with Gasteiger partial charge in [0.2, 0.25) is 0 Å². The van der Waals surface area contributed by atoms with Crippen molar-refractivity contribution in [3.8, 4) is 0 Å². The lowest BCUT2D eigenvalue weighted by atomic mass is 9.93. The van der Waals surface area contributed by atoms with Crippen LogP contribution in [-0.2, 0) is 4.74 Å². The highest BCUT2D eigenvalue weighted by Gasteiger charge is 2.36. The summed E-state index contributed by atoms with van der Waals surface area (Å²) in [4.78, 5) is 0. The second-order valence-electron chi connectivity index (χ2n) is 5.11. The van der Waals surface area contributed by atoms with E-state index in [0.29, 0.717) is 12.0 Å². The maximum absolute atomic E-state index is 6.11. The van der Waals surface area contributed by atoms with Crippen LogP contribution in [0.5, 0.6) is 0 Å². The largest absolute Gasteiger partial charge is 0.377 e. The topological polar surface area (TPSA) is 47.3 Å². The smallest absolute Gasteiger partial charge is 0.0726 e. The van der Waals surface area contributed by atoms with E-state index in [1.807, 2.05) is 0 Å². The summed E-state index contributed by atoms with van der Waals surface area (Å²) in [6.45, 7) is 10.5. The standard InChI is InChI=1S/C12H26N2O/c1-5-9(2)11(13)8-14-12(4)6-7-15-10(12)3/h9-11,14H,5-8,13H2,1-4H3. The summed E-state index contributed by atoms with van der Waals surface area (Å²) in [5.74, 6) is 0.582. The zero-order chi connectivity index (χ0) is 11.5. The van der Waals surface area contributed by atoms with E-state index in [4.69, 9.17) is 10.5 Å². The second-order valence-corrected chi connectivity index (χ2v) is 5.11. The van der Waals surface area contributed by atoms with Crippen molar-refractivity contribution in [2.24, 2.45) is 11.7 Å². The van der Waals surface area contributed by atoms with Gasteiger partial charge < -0.3 is 15.8 Å². The molecule has 1 rings (SSSR count). The highest BCUT2D eigenvalue weighted by Crippen LogP contribution is 2.25. The van der Waals surface area contributed by atoms with Gasteiger partial charge in [-0.15, -0.1) is 0 Å². The van der Waals surface area contributed by atoms with Crippen LogP contribution in [0, 0.1) is 5.92 Å². The normalized spacial score (nSPS) is 35.4. The number of nitrogens with two attached hydrogens (primary N) is 1. The molecule has 4 atom stereocenters. The number of ether oxygens (including phenoxy) is 1. The van der Waals surface area contributed by atoms with Gasteiger partial charge in [0.15, 0.2) is 0 Å². The molecule has 0 aromatic rings. The summed E-state index contributed by atoms with van der Waals surface area (Å²) in [5.41, 5.74) is 6.22. The van der Waals surface area contributed by atoms with Crippen LogP contribution in [0.25, 0.3) is 0 Å². The molecule has 0 spiro atoms. The van der Waals surface area contributed by atoms with Crippen molar-refractivity contribution in [1.82, 2.24) is 5.32 Å². The zero-order valence-electron chi connectivity index (χ0n) is 10.5. The summed E-state index contributed by atoms with van der Waals surface area (Å²) >= 11 is 0. The minimum Gasteiger partial charge on any atom is -0.377 e. The van der Waals surface area contributed by atoms with Crippen LogP contribution in [0.15, 0.2) is 0 Å². The van der Waals surface area contributed by atoms with Crippen LogP contribution in [0.3, 0.4) is 0 Å². The molecule has 0 aromatic heterocycles. The molecule has 15 heavy (non-hydrogen) atoms. The van der Waals surface area contributed by atoms with E-state index in [2.05, 4.69) is 33.0 Å². The van der Waals surface area contributed by atoms with E-state index in [-0.39, 0.29) is 11.6 Å². The van der Waals surface area contributed by atoms with Crippen LogP contribution >= 0.6 is 0 Å². The third-order valence-electron chi connectivity index (χ3n) is 4.00. The third kappa shape index (κ3) is 3.16. The summed E-state index contributed by atoms with van der Waals surface area (Å²) < 4.78 is 5.58. The molecule has 0 saturated carbocycles. The Bertz CT molecular complexity index is 198. The Morgan fingerprint density at radius 2 is 2.27 bits per heavy atom. The molecule has 0 radical (unpaired) electrons. The van der Waals surface area contributed by atoms with Gasteiger partial charge in [0.05, 0.1) is 6.10 Å². The lowest BCUT2D eigenvalue weighted by Gasteiger charge is -2.31. The fraction of sp³-hybridized carbons (Fsp3) is 1.00. The Hall–Kier alpha value is -0.120. The Morgan fingerprint density at radius 1 is 1.60 bits per heavy atom. The molecular weight excluding hydrogens is 188 g/mol. The molecule has 3 N–H and O–H groups in total. The van der Waals surface area contributed by atoms with Crippen molar-refractivity contribution in [3.63, 3.8) is 0 Å². The van der Waals surface area contributed by atoms with Crippen LogP contribution in [0.4, 0.5) is 0 Å². The lowest BCUT2D eigenvalue weighted by Crippen LogP contribution is -2.52. The summed E-state index contributed by atoms with van der Waals surface area (Å²) in [6.07, 6.45) is 2.52. The number of hydrogen-bond donors (Lipinski definition) is 2. The van der Waals surface area contributed by atoms with E-state index >= 15 is 0 Å². The molecule has 1 aliphatic heterocycles. The van der Waals surface area contributed by atoms with Gasteiger partial charge in [-0.1, -0.05) is 20.3 Å². The van der Waals surface area contributed by atoms with Gasteiger partial charge in [-0.2, -0.15) is 0 Å². The first kappa shape index (κ1) is 12.9. The highest BCUT2D eigenvalue weighted by atomic mass is 16.5.